The summed E-state index contributed by atoms with van der Waals surface area (Å²) in [5.74, 6) is 1.62. The van der Waals surface area contributed by atoms with Gasteiger partial charge in [0, 0.05) is 12.3 Å². The molecule has 0 N–H and O–H groups in total. The molecule has 0 saturated heterocycles. The van der Waals surface area contributed by atoms with Crippen molar-refractivity contribution in [3.8, 4) is 0 Å². The molecule has 3 atom stereocenters. The fourth-order valence-corrected chi connectivity index (χ4v) is 5.18. The van der Waals surface area contributed by atoms with E-state index in [0.717, 1.165) is 12.0 Å². The molecule has 2 nitrogen and oxygen atoms in total. The second-order valence-electron chi connectivity index (χ2n) is 9.66. The van der Waals surface area contributed by atoms with Gasteiger partial charge in [-0.05, 0) is 61.4 Å². The molecule has 3 heteroatoms. The van der Waals surface area contributed by atoms with Gasteiger partial charge in [-0.2, -0.15) is 0 Å². The normalized spacial score (nSPS) is 29.0. The van der Waals surface area contributed by atoms with Crippen molar-refractivity contribution in [2.24, 2.45) is 17.8 Å². The minimum absolute atomic E-state index is 0.144. The number of carbonyl (C=O) groups is 1. The van der Waals surface area contributed by atoms with E-state index in [4.69, 9.17) is 4.43 Å². The maximum absolute atomic E-state index is 12.5. The molecule has 2 aliphatic rings. The molecule has 0 saturated carbocycles. The Labute approximate surface area is 149 Å². The highest BCUT2D eigenvalue weighted by Crippen LogP contribution is 2.48. The van der Waals surface area contributed by atoms with Crippen molar-refractivity contribution in [2.45, 2.75) is 85.5 Å². The van der Waals surface area contributed by atoms with Crippen LogP contribution in [0.15, 0.2) is 22.8 Å². The zero-order valence-corrected chi connectivity index (χ0v) is 18.1. The number of Topliss-reactive ketones (excluding diaryl/α,β-unsaturated/α-hetero) is 1. The zero-order chi connectivity index (χ0) is 18.4. The molecule has 0 heterocycles. The van der Waals surface area contributed by atoms with Crippen LogP contribution in [-0.4, -0.2) is 20.2 Å². The van der Waals surface area contributed by atoms with Crippen molar-refractivity contribution < 1.29 is 9.22 Å². The topological polar surface area (TPSA) is 26.3 Å². The molecule has 0 amide bonds. The molecule has 0 bridgehead atoms. The molecule has 24 heavy (non-hydrogen) atoms. The molecule has 0 aromatic carbocycles. The number of fused-ring (bicyclic) bond motifs is 1. The number of hydrogen-bond acceptors (Lipinski definition) is 2. The number of allylic oxidation sites excluding steroid dienone is 2. The Morgan fingerprint density at radius 2 is 1.79 bits per heavy atom. The van der Waals surface area contributed by atoms with Gasteiger partial charge in [0.2, 0.25) is 0 Å². The lowest BCUT2D eigenvalue weighted by molar-refractivity contribution is -0.118. The van der Waals surface area contributed by atoms with Gasteiger partial charge in [0.05, 0.1) is 6.10 Å². The summed E-state index contributed by atoms with van der Waals surface area (Å²) in [5, 5.41) is 0.196. The van der Waals surface area contributed by atoms with Crippen LogP contribution in [0.25, 0.3) is 0 Å². The lowest BCUT2D eigenvalue weighted by Gasteiger charge is -2.48. The Kier molecular flexibility index (Phi) is 5.38. The maximum atomic E-state index is 12.5. The lowest BCUT2D eigenvalue weighted by Crippen LogP contribution is -2.50. The monoisotopic (exact) mass is 348 g/mol. The molecule has 2 aliphatic carbocycles. The van der Waals surface area contributed by atoms with E-state index < -0.39 is 8.32 Å². The van der Waals surface area contributed by atoms with E-state index in [2.05, 4.69) is 60.7 Å². The predicted octanol–water partition coefficient (Wildman–Crippen LogP) is 5.90. The Morgan fingerprint density at radius 1 is 1.21 bits per heavy atom. The summed E-state index contributed by atoms with van der Waals surface area (Å²) in [7, 11) is -1.86. The lowest BCUT2D eigenvalue weighted by atomic mass is 9.64. The third-order valence-corrected chi connectivity index (χ3v) is 11.1. The van der Waals surface area contributed by atoms with Gasteiger partial charge in [-0.25, -0.2) is 0 Å². The first-order valence-electron chi connectivity index (χ1n) is 9.44. The molecule has 0 radical (unpaired) electrons. The van der Waals surface area contributed by atoms with Crippen molar-refractivity contribution in [1.29, 1.82) is 0 Å². The first kappa shape index (κ1) is 19.6. The maximum Gasteiger partial charge on any atom is 0.192 e. The quantitative estimate of drug-likeness (QED) is 0.468. The van der Waals surface area contributed by atoms with Gasteiger partial charge in [0.1, 0.15) is 0 Å². The second kappa shape index (κ2) is 6.57. The van der Waals surface area contributed by atoms with Crippen LogP contribution in [0.5, 0.6) is 0 Å². The highest BCUT2D eigenvalue weighted by molar-refractivity contribution is 6.74. The summed E-state index contributed by atoms with van der Waals surface area (Å²) in [6.45, 7) is 20.3. The molecule has 2 rings (SSSR count). The average Bonchev–Trinajstić information content (AvgIpc) is 2.43. The molecule has 0 fully saturated rings. The van der Waals surface area contributed by atoms with Crippen LogP contribution in [0, 0.1) is 17.8 Å². The third kappa shape index (κ3) is 3.48. The van der Waals surface area contributed by atoms with E-state index in [1.54, 1.807) is 0 Å². The largest absolute Gasteiger partial charge is 0.410 e. The number of carbonyl (C=O) groups excluding carboxylic acids is 1. The fraction of sp³-hybridized carbons (Fsp3) is 0.762. The van der Waals surface area contributed by atoms with Gasteiger partial charge in [-0.15, -0.1) is 0 Å². The van der Waals surface area contributed by atoms with Gasteiger partial charge in [-0.3, -0.25) is 4.79 Å². The van der Waals surface area contributed by atoms with Gasteiger partial charge in [-0.1, -0.05) is 46.3 Å². The van der Waals surface area contributed by atoms with Crippen LogP contribution < -0.4 is 0 Å². The van der Waals surface area contributed by atoms with Crippen LogP contribution in [0.1, 0.15) is 61.3 Å². The van der Waals surface area contributed by atoms with Gasteiger partial charge < -0.3 is 4.43 Å². The van der Waals surface area contributed by atoms with Crippen LogP contribution in [0.4, 0.5) is 0 Å². The van der Waals surface area contributed by atoms with Crippen molar-refractivity contribution in [3.63, 3.8) is 0 Å². The smallest absolute Gasteiger partial charge is 0.192 e. The van der Waals surface area contributed by atoms with Crippen LogP contribution in [0.3, 0.4) is 0 Å². The summed E-state index contributed by atoms with van der Waals surface area (Å²) in [6.07, 6.45) is 4.05. The molecule has 0 spiro atoms. The van der Waals surface area contributed by atoms with Gasteiger partial charge >= 0.3 is 0 Å². The molecule has 136 valence electrons. The summed E-state index contributed by atoms with van der Waals surface area (Å²) in [4.78, 5) is 12.5. The molecular weight excluding hydrogens is 312 g/mol. The van der Waals surface area contributed by atoms with E-state index in [-0.39, 0.29) is 11.1 Å². The van der Waals surface area contributed by atoms with Crippen LogP contribution >= 0.6 is 0 Å². The Balaban J connectivity index is 2.48. The Morgan fingerprint density at radius 3 is 2.29 bits per heavy atom. The zero-order valence-electron chi connectivity index (χ0n) is 17.1. The van der Waals surface area contributed by atoms with Crippen molar-refractivity contribution in [2.75, 3.05) is 0 Å². The minimum Gasteiger partial charge on any atom is -0.410 e. The van der Waals surface area contributed by atoms with Crippen LogP contribution in [-0.2, 0) is 9.22 Å². The summed E-state index contributed by atoms with van der Waals surface area (Å²) < 4.78 is 6.91. The van der Waals surface area contributed by atoms with Crippen molar-refractivity contribution in [1.82, 2.24) is 0 Å². The fourth-order valence-electron chi connectivity index (χ4n) is 3.86. The summed E-state index contributed by atoms with van der Waals surface area (Å²) in [5.41, 5.74) is 3.71. The first-order valence-corrected chi connectivity index (χ1v) is 12.3. The van der Waals surface area contributed by atoms with Gasteiger partial charge in [0.15, 0.2) is 14.1 Å². The highest BCUT2D eigenvalue weighted by atomic mass is 28.4. The van der Waals surface area contributed by atoms with E-state index in [1.807, 2.05) is 6.92 Å². The summed E-state index contributed by atoms with van der Waals surface area (Å²) in [6, 6.07) is 0. The van der Waals surface area contributed by atoms with Gasteiger partial charge in [0.25, 0.3) is 0 Å². The SMILES string of the molecule is CC1=CCC2=C(C)C(=O)C[C@@H](C(C)C)[C@@H]2[C@@H]1O[Si](C)(C)C(C)(C)C. The molecular formula is C21H36O2Si. The standard InChI is InChI=1S/C21H36O2Si/c1-13(2)17-12-18(22)15(4)16-11-10-14(3)20(19(16)17)23-24(8,9)21(5,6)7/h10,13,17,19-20H,11-12H2,1-9H3/t17-,19+,20+/m0/s1. The van der Waals surface area contributed by atoms with E-state index in [9.17, 15) is 4.79 Å². The molecule has 0 aromatic heterocycles. The van der Waals surface area contributed by atoms with E-state index in [0.29, 0.717) is 30.0 Å². The third-order valence-electron chi connectivity index (χ3n) is 6.69. The van der Waals surface area contributed by atoms with E-state index >= 15 is 0 Å². The summed E-state index contributed by atoms with van der Waals surface area (Å²) >= 11 is 0. The second-order valence-corrected chi connectivity index (χ2v) is 14.4. The minimum atomic E-state index is -1.86. The molecule has 0 aliphatic heterocycles. The predicted molar refractivity (Wildman–Crippen MR) is 105 cm³/mol. The van der Waals surface area contributed by atoms with E-state index in [1.165, 1.54) is 11.1 Å². The van der Waals surface area contributed by atoms with Crippen molar-refractivity contribution >= 4 is 14.1 Å². The first-order chi connectivity index (χ1) is 10.9. The molecule has 0 unspecified atom stereocenters. The van der Waals surface area contributed by atoms with Crippen molar-refractivity contribution in [3.05, 3.63) is 22.8 Å². The Hall–Kier alpha value is -0.673. The number of rotatable bonds is 3. The average molecular weight is 349 g/mol. The Bertz CT molecular complexity index is 575. The number of ketones is 1. The highest BCUT2D eigenvalue weighted by Gasteiger charge is 2.47. The molecule has 0 aromatic rings. The number of hydrogen-bond donors (Lipinski definition) is 0. The van der Waals surface area contributed by atoms with Crippen LogP contribution in [0.2, 0.25) is 18.1 Å².